The summed E-state index contributed by atoms with van der Waals surface area (Å²) in [6.45, 7) is 3.23. The van der Waals surface area contributed by atoms with Crippen molar-refractivity contribution in [2.24, 2.45) is 5.92 Å². The third-order valence-corrected chi connectivity index (χ3v) is 4.90. The Kier molecular flexibility index (Phi) is 5.04. The zero-order valence-electron chi connectivity index (χ0n) is 14.5. The number of anilines is 2. The molecule has 0 aromatic heterocycles. The molecule has 1 fully saturated rings. The molecule has 2 N–H and O–H groups in total. The SMILES string of the molecule is CNC[C@@H]1CCCN(C(=O)c2ccc3c(c2)NC(=O)CCN3C)C1. The average molecular weight is 330 g/mol. The molecule has 2 heterocycles. The number of hydrogen-bond donors (Lipinski definition) is 2. The first-order valence-electron chi connectivity index (χ1n) is 8.67. The summed E-state index contributed by atoms with van der Waals surface area (Å²) >= 11 is 0. The zero-order chi connectivity index (χ0) is 17.1. The van der Waals surface area contributed by atoms with Crippen molar-refractivity contribution >= 4 is 23.2 Å². The Balaban J connectivity index is 1.79. The van der Waals surface area contributed by atoms with Crippen LogP contribution in [0.4, 0.5) is 11.4 Å². The maximum Gasteiger partial charge on any atom is 0.253 e. The van der Waals surface area contributed by atoms with Crippen LogP contribution in [0.1, 0.15) is 29.6 Å². The van der Waals surface area contributed by atoms with Gasteiger partial charge in [0.15, 0.2) is 0 Å². The van der Waals surface area contributed by atoms with E-state index in [4.69, 9.17) is 0 Å². The molecular weight excluding hydrogens is 304 g/mol. The van der Waals surface area contributed by atoms with Crippen molar-refractivity contribution in [3.05, 3.63) is 23.8 Å². The van der Waals surface area contributed by atoms with Gasteiger partial charge in [-0.05, 0) is 50.6 Å². The second-order valence-corrected chi connectivity index (χ2v) is 6.77. The smallest absolute Gasteiger partial charge is 0.253 e. The van der Waals surface area contributed by atoms with Crippen LogP contribution in [-0.4, -0.2) is 57.0 Å². The average Bonchev–Trinajstić information content (AvgIpc) is 2.73. The zero-order valence-corrected chi connectivity index (χ0v) is 14.5. The number of benzene rings is 1. The summed E-state index contributed by atoms with van der Waals surface area (Å²) < 4.78 is 0. The summed E-state index contributed by atoms with van der Waals surface area (Å²) in [7, 11) is 3.92. The summed E-state index contributed by atoms with van der Waals surface area (Å²) in [5, 5.41) is 6.12. The fraction of sp³-hybridized carbons (Fsp3) is 0.556. The van der Waals surface area contributed by atoms with E-state index in [1.807, 2.05) is 42.1 Å². The van der Waals surface area contributed by atoms with Crippen molar-refractivity contribution in [3.63, 3.8) is 0 Å². The van der Waals surface area contributed by atoms with Gasteiger partial charge in [-0.25, -0.2) is 0 Å². The predicted octanol–water partition coefficient (Wildman–Crippen LogP) is 1.54. The van der Waals surface area contributed by atoms with E-state index in [1.165, 1.54) is 0 Å². The van der Waals surface area contributed by atoms with Gasteiger partial charge in [0, 0.05) is 38.7 Å². The standard InChI is InChI=1S/C18H26N4O2/c1-19-11-13-4-3-8-22(12-13)18(24)14-5-6-16-15(10-14)20-17(23)7-9-21(16)2/h5-6,10,13,19H,3-4,7-9,11-12H2,1-2H3,(H,20,23)/t13-/m0/s1. The van der Waals surface area contributed by atoms with E-state index >= 15 is 0 Å². The first-order valence-corrected chi connectivity index (χ1v) is 8.67. The van der Waals surface area contributed by atoms with E-state index < -0.39 is 0 Å². The van der Waals surface area contributed by atoms with Gasteiger partial charge in [0.25, 0.3) is 5.91 Å². The number of fused-ring (bicyclic) bond motifs is 1. The van der Waals surface area contributed by atoms with Crippen LogP contribution in [0.5, 0.6) is 0 Å². The van der Waals surface area contributed by atoms with Crippen LogP contribution in [0, 0.1) is 5.92 Å². The molecule has 0 spiro atoms. The number of likely N-dealkylation sites (tertiary alicyclic amines) is 1. The van der Waals surface area contributed by atoms with Crippen molar-refractivity contribution in [3.8, 4) is 0 Å². The number of amides is 2. The van der Waals surface area contributed by atoms with Crippen LogP contribution >= 0.6 is 0 Å². The minimum absolute atomic E-state index is 0.00254. The highest BCUT2D eigenvalue weighted by atomic mass is 16.2. The van der Waals surface area contributed by atoms with Crippen molar-refractivity contribution < 1.29 is 9.59 Å². The van der Waals surface area contributed by atoms with Crippen molar-refractivity contribution in [1.29, 1.82) is 0 Å². The van der Waals surface area contributed by atoms with Gasteiger partial charge in [-0.1, -0.05) is 0 Å². The highest BCUT2D eigenvalue weighted by Crippen LogP contribution is 2.30. The molecule has 3 rings (SSSR count). The maximum atomic E-state index is 12.9. The molecule has 0 bridgehead atoms. The van der Waals surface area contributed by atoms with Crippen molar-refractivity contribution in [2.45, 2.75) is 19.3 Å². The van der Waals surface area contributed by atoms with Gasteiger partial charge in [0.05, 0.1) is 11.4 Å². The molecule has 1 aromatic carbocycles. The van der Waals surface area contributed by atoms with E-state index in [2.05, 4.69) is 10.6 Å². The summed E-state index contributed by atoms with van der Waals surface area (Å²) in [6.07, 6.45) is 2.67. The Morgan fingerprint density at radius 1 is 1.38 bits per heavy atom. The number of rotatable bonds is 3. The molecular formula is C18H26N4O2. The predicted molar refractivity (Wildman–Crippen MR) is 95.5 cm³/mol. The molecule has 1 aromatic rings. The molecule has 0 aliphatic carbocycles. The third kappa shape index (κ3) is 3.53. The largest absolute Gasteiger partial charge is 0.372 e. The molecule has 0 radical (unpaired) electrons. The summed E-state index contributed by atoms with van der Waals surface area (Å²) in [5.41, 5.74) is 2.34. The number of nitrogens with zero attached hydrogens (tertiary/aromatic N) is 2. The Labute approximate surface area is 143 Å². The molecule has 6 heteroatoms. The number of piperidine rings is 1. The molecule has 130 valence electrons. The van der Waals surface area contributed by atoms with Gasteiger partial charge in [-0.2, -0.15) is 0 Å². The minimum atomic E-state index is -0.00254. The Hall–Kier alpha value is -2.08. The van der Waals surface area contributed by atoms with Crippen LogP contribution in [0.25, 0.3) is 0 Å². The topological polar surface area (TPSA) is 64.7 Å². The molecule has 24 heavy (non-hydrogen) atoms. The summed E-state index contributed by atoms with van der Waals surface area (Å²) in [4.78, 5) is 28.7. The van der Waals surface area contributed by atoms with Crippen molar-refractivity contribution in [1.82, 2.24) is 10.2 Å². The fourth-order valence-corrected chi connectivity index (χ4v) is 3.59. The van der Waals surface area contributed by atoms with Gasteiger partial charge in [0.1, 0.15) is 0 Å². The number of hydrogen-bond acceptors (Lipinski definition) is 4. The van der Waals surface area contributed by atoms with Gasteiger partial charge in [-0.3, -0.25) is 9.59 Å². The number of carbonyl (C=O) groups excluding carboxylic acids is 2. The molecule has 1 saturated heterocycles. The Bertz CT molecular complexity index is 629. The monoisotopic (exact) mass is 330 g/mol. The third-order valence-electron chi connectivity index (χ3n) is 4.90. The second-order valence-electron chi connectivity index (χ2n) is 6.77. The number of nitrogens with one attached hydrogen (secondary N) is 2. The molecule has 2 amide bonds. The van der Waals surface area contributed by atoms with E-state index in [9.17, 15) is 9.59 Å². The number of carbonyl (C=O) groups is 2. The highest BCUT2D eigenvalue weighted by molar-refractivity contribution is 6.00. The van der Waals surface area contributed by atoms with Gasteiger partial charge >= 0.3 is 0 Å². The Morgan fingerprint density at radius 3 is 3.00 bits per heavy atom. The van der Waals surface area contributed by atoms with E-state index in [0.717, 1.165) is 43.9 Å². The van der Waals surface area contributed by atoms with Gasteiger partial charge < -0.3 is 20.4 Å². The lowest BCUT2D eigenvalue weighted by Gasteiger charge is -2.33. The molecule has 2 aliphatic heterocycles. The lowest BCUT2D eigenvalue weighted by atomic mass is 9.97. The normalized spacial score (nSPS) is 21.1. The van der Waals surface area contributed by atoms with E-state index in [1.54, 1.807) is 0 Å². The molecule has 1 atom stereocenters. The quantitative estimate of drug-likeness (QED) is 0.882. The van der Waals surface area contributed by atoms with Crippen molar-refractivity contribution in [2.75, 3.05) is 50.5 Å². The Morgan fingerprint density at radius 2 is 2.21 bits per heavy atom. The van der Waals surface area contributed by atoms with Gasteiger partial charge in [0.2, 0.25) is 5.91 Å². The minimum Gasteiger partial charge on any atom is -0.372 e. The van der Waals surface area contributed by atoms with E-state index in [-0.39, 0.29) is 11.8 Å². The van der Waals surface area contributed by atoms with Crippen LogP contribution in [0.3, 0.4) is 0 Å². The maximum absolute atomic E-state index is 12.9. The molecule has 0 unspecified atom stereocenters. The fourth-order valence-electron chi connectivity index (χ4n) is 3.59. The van der Waals surface area contributed by atoms with Crippen LogP contribution in [0.2, 0.25) is 0 Å². The second kappa shape index (κ2) is 7.21. The van der Waals surface area contributed by atoms with E-state index in [0.29, 0.717) is 24.4 Å². The highest BCUT2D eigenvalue weighted by Gasteiger charge is 2.25. The summed E-state index contributed by atoms with van der Waals surface area (Å²) in [6, 6.07) is 5.62. The van der Waals surface area contributed by atoms with Gasteiger partial charge in [-0.15, -0.1) is 0 Å². The summed E-state index contributed by atoms with van der Waals surface area (Å²) in [5.74, 6) is 0.566. The molecule has 0 saturated carbocycles. The first kappa shape index (κ1) is 16.8. The first-order chi connectivity index (χ1) is 11.6. The lowest BCUT2D eigenvalue weighted by molar-refractivity contribution is -0.115. The van der Waals surface area contributed by atoms with Crippen LogP contribution in [-0.2, 0) is 4.79 Å². The van der Waals surface area contributed by atoms with Crippen LogP contribution < -0.4 is 15.5 Å². The molecule has 2 aliphatic rings. The molecule has 6 nitrogen and oxygen atoms in total. The van der Waals surface area contributed by atoms with Crippen LogP contribution in [0.15, 0.2) is 18.2 Å². The lowest BCUT2D eigenvalue weighted by Crippen LogP contribution is -2.42.